The highest BCUT2D eigenvalue weighted by atomic mass is 32.1. The molecule has 0 N–H and O–H groups in total. The van der Waals surface area contributed by atoms with Crippen LogP contribution in [0.1, 0.15) is 89.1 Å². The van der Waals surface area contributed by atoms with Crippen LogP contribution in [0.5, 0.6) is 0 Å². The highest BCUT2D eigenvalue weighted by Gasteiger charge is 2.12. The summed E-state index contributed by atoms with van der Waals surface area (Å²) in [5.41, 5.74) is 2.89. The molecule has 168 valence electrons. The van der Waals surface area contributed by atoms with Crippen LogP contribution in [0.3, 0.4) is 0 Å². The summed E-state index contributed by atoms with van der Waals surface area (Å²) in [6, 6.07) is 7.02. The first-order valence-corrected chi connectivity index (χ1v) is 11.1. The van der Waals surface area contributed by atoms with Gasteiger partial charge in [0.25, 0.3) is 0 Å². The molecule has 0 bridgehead atoms. The van der Waals surface area contributed by atoms with Crippen molar-refractivity contribution in [3.8, 4) is 0 Å². The topological polar surface area (TPSA) is 3.88 Å². The molecule has 0 aliphatic carbocycles. The standard InChI is InChI=1S/C21H34NS.CH4.BF3.FH/c1-4-5-6-7-8-9-10-11-12-13-14-19-15-16-20-21(17-19)23-18(2)22(20)3;;2-1(3)4;/h15-17H,4-14H2,1-3H3;1H4;;1H/q+1;;;/p-1. The van der Waals surface area contributed by atoms with Crippen LogP contribution in [0.4, 0.5) is 12.9 Å². The summed E-state index contributed by atoms with van der Waals surface area (Å²) in [5, 5.41) is 1.39. The quantitative estimate of drug-likeness (QED) is 0.202. The molecule has 0 saturated carbocycles. The van der Waals surface area contributed by atoms with Crippen molar-refractivity contribution in [3.63, 3.8) is 0 Å². The molecule has 0 aliphatic rings. The van der Waals surface area contributed by atoms with Crippen molar-refractivity contribution >= 4 is 29.1 Å². The number of hydrogen-bond acceptors (Lipinski definition) is 1. The first-order chi connectivity index (χ1) is 13.0. The number of rotatable bonds is 11. The molecular formula is C22H38BF4NS. The van der Waals surface area contributed by atoms with Gasteiger partial charge < -0.3 is 4.70 Å². The minimum absolute atomic E-state index is 0. The predicted octanol–water partition coefficient (Wildman–Crippen LogP) is 5.02. The number of hydrogen-bond donors (Lipinski definition) is 0. The lowest BCUT2D eigenvalue weighted by atomic mass is 10.0. The van der Waals surface area contributed by atoms with E-state index in [9.17, 15) is 12.9 Å². The van der Waals surface area contributed by atoms with Gasteiger partial charge in [0.2, 0.25) is 10.5 Å². The van der Waals surface area contributed by atoms with Crippen LogP contribution in [0, 0.1) is 6.92 Å². The fourth-order valence-electron chi connectivity index (χ4n) is 3.29. The van der Waals surface area contributed by atoms with Gasteiger partial charge in [0.05, 0.1) is 0 Å². The molecule has 0 aliphatic heterocycles. The Kier molecular flexibility index (Phi) is 18.4. The lowest BCUT2D eigenvalue weighted by Gasteiger charge is -2.03. The SMILES string of the molecule is C.CCCCCCCCCCCCc1ccc2c(c1)sc(C)[n+]2C.FB(F)F.[F-]. The van der Waals surface area contributed by atoms with Crippen LogP contribution >= 0.6 is 11.3 Å². The van der Waals surface area contributed by atoms with Crippen LogP contribution in [0.25, 0.3) is 10.2 Å². The van der Waals surface area contributed by atoms with Gasteiger partial charge in [-0.05, 0) is 24.5 Å². The normalized spacial score (nSPS) is 10.0. The van der Waals surface area contributed by atoms with Crippen LogP contribution < -0.4 is 9.27 Å². The third-order valence-corrected chi connectivity index (χ3v) is 6.05. The Labute approximate surface area is 179 Å². The number of benzene rings is 1. The van der Waals surface area contributed by atoms with Crippen LogP contribution in [-0.4, -0.2) is 7.54 Å². The van der Waals surface area contributed by atoms with E-state index in [0.717, 1.165) is 0 Å². The summed E-state index contributed by atoms with van der Waals surface area (Å²) < 4.78 is 32.7. The molecule has 0 unspecified atom stereocenters. The molecule has 29 heavy (non-hydrogen) atoms. The molecule has 2 rings (SSSR count). The lowest BCUT2D eigenvalue weighted by molar-refractivity contribution is -0.646. The van der Waals surface area contributed by atoms with Crippen molar-refractivity contribution in [2.75, 3.05) is 0 Å². The number of aromatic nitrogens is 1. The maximum atomic E-state index is 9.67. The second-order valence-electron chi connectivity index (χ2n) is 7.16. The summed E-state index contributed by atoms with van der Waals surface area (Å²) in [6.45, 7) is 4.49. The van der Waals surface area contributed by atoms with E-state index in [4.69, 9.17) is 0 Å². The summed E-state index contributed by atoms with van der Waals surface area (Å²) >= 11 is 1.91. The van der Waals surface area contributed by atoms with Gasteiger partial charge in [-0.3, -0.25) is 12.9 Å². The Balaban J connectivity index is 0. The Morgan fingerprint density at radius 1 is 0.897 bits per heavy atom. The number of thiazole rings is 1. The maximum absolute atomic E-state index is 9.67. The van der Waals surface area contributed by atoms with E-state index in [2.05, 4.69) is 43.7 Å². The zero-order valence-corrected chi connectivity index (χ0v) is 18.3. The molecule has 1 aromatic heterocycles. The molecule has 1 heterocycles. The maximum Gasteiger partial charge on any atom is 0.762 e. The first kappa shape index (κ1) is 30.1. The fraction of sp³-hybridized carbons (Fsp3) is 0.682. The van der Waals surface area contributed by atoms with Crippen LogP contribution in [0.15, 0.2) is 18.2 Å². The number of nitrogens with zero attached hydrogens (tertiary/aromatic N) is 1. The third-order valence-electron chi connectivity index (χ3n) is 4.93. The molecule has 0 spiro atoms. The van der Waals surface area contributed by atoms with E-state index in [1.54, 1.807) is 0 Å². The van der Waals surface area contributed by atoms with Gasteiger partial charge in [-0.2, -0.15) is 4.57 Å². The third kappa shape index (κ3) is 12.9. The molecule has 7 heteroatoms. The Morgan fingerprint density at radius 2 is 1.38 bits per heavy atom. The van der Waals surface area contributed by atoms with E-state index in [0.29, 0.717) is 0 Å². The van der Waals surface area contributed by atoms with Crippen molar-refractivity contribution in [1.29, 1.82) is 0 Å². The molecule has 0 atom stereocenters. The number of unbranched alkanes of at least 4 members (excludes halogenated alkanes) is 9. The molecule has 0 saturated heterocycles. The summed E-state index contributed by atoms with van der Waals surface area (Å²) in [5.74, 6) is 0. The zero-order valence-electron chi connectivity index (χ0n) is 17.5. The van der Waals surface area contributed by atoms with Gasteiger partial charge >= 0.3 is 7.54 Å². The number of fused-ring (bicyclic) bond motifs is 1. The predicted molar refractivity (Wildman–Crippen MR) is 119 cm³/mol. The fourth-order valence-corrected chi connectivity index (χ4v) is 4.36. The van der Waals surface area contributed by atoms with Crippen LogP contribution in [-0.2, 0) is 13.5 Å². The smallest absolute Gasteiger partial charge is 0.762 e. The van der Waals surface area contributed by atoms with Crippen molar-refractivity contribution in [2.24, 2.45) is 7.05 Å². The molecular weight excluding hydrogens is 397 g/mol. The van der Waals surface area contributed by atoms with Gasteiger partial charge in [-0.25, -0.2) is 0 Å². The largest absolute Gasteiger partial charge is 1.00 e. The zero-order chi connectivity index (χ0) is 20.1. The van der Waals surface area contributed by atoms with E-state index >= 15 is 0 Å². The average Bonchev–Trinajstić information content (AvgIpc) is 2.90. The highest BCUT2D eigenvalue weighted by molar-refractivity contribution is 7.18. The molecule has 0 amide bonds. The Morgan fingerprint density at radius 3 is 1.90 bits per heavy atom. The van der Waals surface area contributed by atoms with Crippen molar-refractivity contribution in [3.05, 3.63) is 28.8 Å². The molecule has 2 aromatic rings. The Bertz CT molecular complexity index is 646. The first-order valence-electron chi connectivity index (χ1n) is 10.3. The monoisotopic (exact) mass is 435 g/mol. The summed E-state index contributed by atoms with van der Waals surface area (Å²) in [4.78, 5) is 0. The van der Waals surface area contributed by atoms with E-state index in [-0.39, 0.29) is 12.1 Å². The average molecular weight is 435 g/mol. The lowest BCUT2D eigenvalue weighted by Crippen LogP contribution is -3.00. The van der Waals surface area contributed by atoms with Gasteiger partial charge in [-0.1, -0.05) is 89.5 Å². The van der Waals surface area contributed by atoms with Gasteiger partial charge in [0.15, 0.2) is 0 Å². The number of halogens is 4. The second kappa shape index (κ2) is 17.7. The van der Waals surface area contributed by atoms with Gasteiger partial charge in [-0.15, -0.1) is 0 Å². The molecule has 0 radical (unpaired) electrons. The van der Waals surface area contributed by atoms with E-state index < -0.39 is 7.54 Å². The minimum Gasteiger partial charge on any atom is -1.00 e. The molecule has 1 nitrogen and oxygen atoms in total. The Hall–Kier alpha value is -1.11. The van der Waals surface area contributed by atoms with Crippen molar-refractivity contribution in [2.45, 2.75) is 91.9 Å². The van der Waals surface area contributed by atoms with Crippen molar-refractivity contribution in [1.82, 2.24) is 0 Å². The van der Waals surface area contributed by atoms with E-state index in [1.165, 1.54) is 91.4 Å². The second-order valence-corrected chi connectivity index (χ2v) is 8.40. The number of aryl methyl sites for hydroxylation is 3. The van der Waals surface area contributed by atoms with E-state index in [1.807, 2.05) is 11.3 Å². The highest BCUT2D eigenvalue weighted by Crippen LogP contribution is 2.22. The van der Waals surface area contributed by atoms with Gasteiger partial charge in [0, 0.05) is 13.0 Å². The summed E-state index contributed by atoms with van der Waals surface area (Å²) in [7, 11) is -1.50. The van der Waals surface area contributed by atoms with Crippen LogP contribution in [0.2, 0.25) is 0 Å². The van der Waals surface area contributed by atoms with Crippen molar-refractivity contribution < 1.29 is 22.2 Å². The molecule has 1 aromatic carbocycles. The summed E-state index contributed by atoms with van der Waals surface area (Å²) in [6.07, 6.45) is 15.4. The van der Waals surface area contributed by atoms with Gasteiger partial charge in [0.1, 0.15) is 11.7 Å². The molecule has 0 fully saturated rings. The minimum atomic E-state index is -3.67.